The number of amides is 2. The quantitative estimate of drug-likeness (QED) is 0.601. The number of nitrogens with zero attached hydrogens (tertiary/aromatic N) is 1. The molecular weight excluding hydrogens is 374 g/mol. The molecule has 1 heterocycles. The van der Waals surface area contributed by atoms with Crippen LogP contribution in [0.4, 0.5) is 5.69 Å². The fourth-order valence-electron chi connectivity index (χ4n) is 6.16. The molecule has 7 rings (SSSR count). The van der Waals surface area contributed by atoms with Gasteiger partial charge in [-0.05, 0) is 41.3 Å². The first-order chi connectivity index (χ1) is 14.6. The lowest BCUT2D eigenvalue weighted by molar-refractivity contribution is -0.128. The van der Waals surface area contributed by atoms with Gasteiger partial charge < -0.3 is 4.74 Å². The van der Waals surface area contributed by atoms with E-state index in [1.54, 1.807) is 19.2 Å². The molecule has 0 radical (unpaired) electrons. The van der Waals surface area contributed by atoms with Crippen LogP contribution in [0.5, 0.6) is 5.75 Å². The number of carbonyl (C=O) groups excluding carboxylic acids is 2. The van der Waals surface area contributed by atoms with Gasteiger partial charge in [-0.1, -0.05) is 60.7 Å². The van der Waals surface area contributed by atoms with Crippen LogP contribution < -0.4 is 9.64 Å². The SMILES string of the molecule is COc1ccccc1N1C(=O)C2C3c4ccccc4C(c4ccccc43)C2(C)C1=O. The first-order valence-corrected chi connectivity index (χ1v) is 10.3. The van der Waals surface area contributed by atoms with Gasteiger partial charge in [0.2, 0.25) is 11.8 Å². The van der Waals surface area contributed by atoms with Gasteiger partial charge >= 0.3 is 0 Å². The first-order valence-electron chi connectivity index (χ1n) is 10.3. The van der Waals surface area contributed by atoms with E-state index in [2.05, 4.69) is 24.3 Å². The summed E-state index contributed by atoms with van der Waals surface area (Å²) in [5, 5.41) is 0. The van der Waals surface area contributed by atoms with Gasteiger partial charge in [-0.3, -0.25) is 9.59 Å². The average Bonchev–Trinajstić information content (AvgIpc) is 2.99. The van der Waals surface area contributed by atoms with Crippen molar-refractivity contribution in [1.82, 2.24) is 0 Å². The number of rotatable bonds is 2. The third-order valence-corrected chi connectivity index (χ3v) is 7.34. The van der Waals surface area contributed by atoms with Crippen molar-refractivity contribution in [2.24, 2.45) is 11.3 Å². The largest absolute Gasteiger partial charge is 0.495 e. The maximum Gasteiger partial charge on any atom is 0.241 e. The lowest BCUT2D eigenvalue weighted by Gasteiger charge is -2.51. The van der Waals surface area contributed by atoms with Gasteiger partial charge in [-0.2, -0.15) is 0 Å². The molecule has 30 heavy (non-hydrogen) atoms. The second-order valence-electron chi connectivity index (χ2n) is 8.58. The number of hydrogen-bond acceptors (Lipinski definition) is 3. The highest BCUT2D eigenvalue weighted by Gasteiger charge is 2.69. The Bertz CT molecular complexity index is 1180. The standard InChI is InChI=1S/C26H21NO3/c1-26-22-17-11-5-3-9-15(17)21(16-10-4-6-12-18(16)22)23(26)24(28)27(25(26)29)19-13-7-8-14-20(19)30-2/h3-14,21-23H,1-2H3. The van der Waals surface area contributed by atoms with E-state index in [-0.39, 0.29) is 23.7 Å². The van der Waals surface area contributed by atoms with Crippen LogP contribution in [0.3, 0.4) is 0 Å². The molecule has 1 aliphatic heterocycles. The van der Waals surface area contributed by atoms with Gasteiger partial charge in [0.1, 0.15) is 5.75 Å². The maximum atomic E-state index is 14.0. The Morgan fingerprint density at radius 2 is 1.33 bits per heavy atom. The average molecular weight is 395 g/mol. The zero-order valence-corrected chi connectivity index (χ0v) is 16.8. The van der Waals surface area contributed by atoms with Gasteiger partial charge in [0.05, 0.1) is 24.1 Å². The number of carbonyl (C=O) groups is 2. The zero-order valence-electron chi connectivity index (χ0n) is 16.8. The molecule has 4 aliphatic rings. The minimum atomic E-state index is -0.828. The summed E-state index contributed by atoms with van der Waals surface area (Å²) >= 11 is 0. The van der Waals surface area contributed by atoms with E-state index in [0.717, 1.165) is 0 Å². The minimum absolute atomic E-state index is 0.122. The van der Waals surface area contributed by atoms with Crippen LogP contribution >= 0.6 is 0 Å². The molecule has 148 valence electrons. The number of ether oxygens (including phenoxy) is 1. The Labute approximate surface area is 175 Å². The Morgan fingerprint density at radius 1 is 0.800 bits per heavy atom. The van der Waals surface area contributed by atoms with Crippen molar-refractivity contribution in [1.29, 1.82) is 0 Å². The van der Waals surface area contributed by atoms with Crippen molar-refractivity contribution in [2.45, 2.75) is 18.8 Å². The summed E-state index contributed by atoms with van der Waals surface area (Å²) < 4.78 is 5.49. The van der Waals surface area contributed by atoms with Crippen LogP contribution in [0, 0.1) is 11.3 Å². The molecule has 2 unspecified atom stereocenters. The van der Waals surface area contributed by atoms with Gasteiger partial charge in [0.15, 0.2) is 0 Å². The fourth-order valence-corrected chi connectivity index (χ4v) is 6.16. The number of anilines is 1. The van der Waals surface area contributed by atoms with Crippen molar-refractivity contribution in [3.8, 4) is 5.75 Å². The lowest BCUT2D eigenvalue weighted by Crippen LogP contribution is -2.49. The molecule has 3 aromatic carbocycles. The number of benzene rings is 3. The molecule has 0 spiro atoms. The molecule has 2 amide bonds. The zero-order chi connectivity index (χ0) is 20.6. The van der Waals surface area contributed by atoms with Crippen molar-refractivity contribution in [3.05, 3.63) is 95.1 Å². The molecule has 3 aliphatic carbocycles. The molecule has 0 aromatic heterocycles. The van der Waals surface area contributed by atoms with Crippen molar-refractivity contribution in [3.63, 3.8) is 0 Å². The van der Waals surface area contributed by atoms with Gasteiger partial charge in [0, 0.05) is 11.8 Å². The van der Waals surface area contributed by atoms with Crippen LogP contribution in [0.25, 0.3) is 0 Å². The highest BCUT2D eigenvalue weighted by atomic mass is 16.5. The number of imide groups is 1. The Hall–Kier alpha value is -3.40. The van der Waals surface area contributed by atoms with Gasteiger partial charge in [-0.15, -0.1) is 0 Å². The third-order valence-electron chi connectivity index (χ3n) is 7.34. The number of hydrogen-bond donors (Lipinski definition) is 0. The summed E-state index contributed by atoms with van der Waals surface area (Å²) in [5.74, 6) is -0.430. The highest BCUT2D eigenvalue weighted by molar-refractivity contribution is 6.25. The summed E-state index contributed by atoms with van der Waals surface area (Å²) in [4.78, 5) is 29.3. The molecule has 4 nitrogen and oxygen atoms in total. The summed E-state index contributed by atoms with van der Waals surface area (Å²) in [5.41, 5.74) is 4.38. The molecule has 0 saturated carbocycles. The van der Waals surface area contributed by atoms with Crippen LogP contribution in [0.15, 0.2) is 72.8 Å². The van der Waals surface area contributed by atoms with Crippen LogP contribution in [-0.2, 0) is 9.59 Å². The molecular formula is C26H21NO3. The van der Waals surface area contributed by atoms with E-state index in [4.69, 9.17) is 4.74 Å². The molecule has 1 saturated heterocycles. The number of para-hydroxylation sites is 2. The second kappa shape index (κ2) is 5.82. The Kier molecular flexibility index (Phi) is 3.39. The van der Waals surface area contributed by atoms with E-state index >= 15 is 0 Å². The van der Waals surface area contributed by atoms with E-state index in [1.807, 2.05) is 43.3 Å². The smallest absolute Gasteiger partial charge is 0.241 e. The van der Waals surface area contributed by atoms with Gasteiger partial charge in [-0.25, -0.2) is 4.90 Å². The summed E-state index contributed by atoms with van der Waals surface area (Å²) in [6.45, 7) is 1.98. The molecule has 1 fully saturated rings. The normalized spacial score (nSPS) is 28.2. The van der Waals surface area contributed by atoms with E-state index < -0.39 is 11.3 Å². The van der Waals surface area contributed by atoms with E-state index in [0.29, 0.717) is 11.4 Å². The molecule has 3 aromatic rings. The predicted octanol–water partition coefficient (Wildman–Crippen LogP) is 4.48. The summed E-state index contributed by atoms with van der Waals surface area (Å²) in [6, 6.07) is 23.8. The molecule has 2 atom stereocenters. The second-order valence-corrected chi connectivity index (χ2v) is 8.58. The predicted molar refractivity (Wildman–Crippen MR) is 114 cm³/mol. The molecule has 0 N–H and O–H groups in total. The fraction of sp³-hybridized carbons (Fsp3) is 0.231. The number of methoxy groups -OCH3 is 1. The van der Waals surface area contributed by atoms with Crippen molar-refractivity contribution in [2.75, 3.05) is 12.0 Å². The van der Waals surface area contributed by atoms with Crippen LogP contribution in [-0.4, -0.2) is 18.9 Å². The lowest BCUT2D eigenvalue weighted by atomic mass is 9.48. The third kappa shape index (κ3) is 1.87. The highest BCUT2D eigenvalue weighted by Crippen LogP contribution is 2.67. The molecule has 4 heteroatoms. The first kappa shape index (κ1) is 17.5. The van der Waals surface area contributed by atoms with E-state index in [9.17, 15) is 9.59 Å². The Balaban J connectivity index is 1.62. The molecule has 2 bridgehead atoms. The van der Waals surface area contributed by atoms with Gasteiger partial charge in [0.25, 0.3) is 0 Å². The van der Waals surface area contributed by atoms with Crippen LogP contribution in [0.1, 0.15) is 41.0 Å². The van der Waals surface area contributed by atoms with E-state index in [1.165, 1.54) is 27.2 Å². The minimum Gasteiger partial charge on any atom is -0.495 e. The van der Waals surface area contributed by atoms with Crippen LogP contribution in [0.2, 0.25) is 0 Å². The monoisotopic (exact) mass is 395 g/mol. The summed E-state index contributed by atoms with van der Waals surface area (Å²) in [6.07, 6.45) is 0. The summed E-state index contributed by atoms with van der Waals surface area (Å²) in [7, 11) is 1.56. The topological polar surface area (TPSA) is 46.6 Å². The Morgan fingerprint density at radius 3 is 1.93 bits per heavy atom. The maximum absolute atomic E-state index is 14.0. The van der Waals surface area contributed by atoms with Crippen molar-refractivity contribution < 1.29 is 14.3 Å². The van der Waals surface area contributed by atoms with Crippen molar-refractivity contribution >= 4 is 17.5 Å².